The van der Waals surface area contributed by atoms with E-state index in [0.29, 0.717) is 88.4 Å². The number of hydrogen-bond acceptors (Lipinski definition) is 6. The zero-order chi connectivity index (χ0) is 41.9. The number of hydrogen-bond donors (Lipinski definition) is 0. The fraction of sp³-hybridized carbons (Fsp3) is 0.927. The van der Waals surface area contributed by atoms with E-state index < -0.39 is 0 Å². The largest absolute Gasteiger partial charge is 0.352 e. The van der Waals surface area contributed by atoms with Crippen molar-refractivity contribution in [2.24, 2.45) is 92.7 Å². The van der Waals surface area contributed by atoms with Gasteiger partial charge in [-0.15, -0.1) is 0 Å². The first-order valence-corrected chi connectivity index (χ1v) is 26.5. The van der Waals surface area contributed by atoms with Crippen LogP contribution >= 0.6 is 0 Å². The van der Waals surface area contributed by atoms with Gasteiger partial charge in [0.25, 0.3) is 0 Å². The minimum Gasteiger partial charge on any atom is -0.352 e. The molecule has 61 heavy (non-hydrogen) atoms. The molecule has 4 saturated heterocycles. The molecule has 6 heteroatoms. The van der Waals surface area contributed by atoms with Gasteiger partial charge in [-0.1, -0.05) is 78.7 Å². The van der Waals surface area contributed by atoms with Crippen LogP contribution in [0.15, 0.2) is 23.3 Å². The highest BCUT2D eigenvalue weighted by atomic mass is 16.7. The molecular weight excluding hydrogens is 757 g/mol. The Kier molecular flexibility index (Phi) is 9.81. The Morgan fingerprint density at radius 3 is 1.39 bits per heavy atom. The Labute approximate surface area is 370 Å². The van der Waals surface area contributed by atoms with Gasteiger partial charge in [-0.3, -0.25) is 0 Å². The highest BCUT2D eigenvalue weighted by molar-refractivity contribution is 5.28. The van der Waals surface area contributed by atoms with Gasteiger partial charge in [0, 0.05) is 24.7 Å². The van der Waals surface area contributed by atoms with Gasteiger partial charge >= 0.3 is 0 Å². The van der Waals surface area contributed by atoms with Gasteiger partial charge in [0.2, 0.25) is 0 Å². The van der Waals surface area contributed by atoms with E-state index in [0.717, 1.165) is 74.4 Å². The molecule has 340 valence electrons. The normalized spacial score (nSPS) is 59.3. The molecule has 4 aliphatic heterocycles. The lowest BCUT2D eigenvalue weighted by Crippen LogP contribution is -2.52. The Morgan fingerprint density at radius 2 is 0.984 bits per heavy atom. The van der Waals surface area contributed by atoms with Crippen LogP contribution in [-0.4, -0.2) is 56.0 Å². The van der Waals surface area contributed by atoms with Crippen LogP contribution in [0, 0.1) is 92.7 Å². The maximum Gasteiger partial charge on any atom is 0.171 e. The number of fused-ring (bicyclic) bond motifs is 14. The maximum atomic E-state index is 7.06. The van der Waals surface area contributed by atoms with E-state index in [1.807, 2.05) is 0 Å². The summed E-state index contributed by atoms with van der Waals surface area (Å²) >= 11 is 0. The first-order chi connectivity index (χ1) is 29.2. The second-order valence-electron chi connectivity index (χ2n) is 25.7. The van der Waals surface area contributed by atoms with Crippen LogP contribution in [0.3, 0.4) is 0 Å². The monoisotopic (exact) mass is 841 g/mol. The van der Waals surface area contributed by atoms with Crippen molar-refractivity contribution >= 4 is 0 Å². The molecule has 22 atom stereocenters. The lowest BCUT2D eigenvalue weighted by molar-refractivity contribution is -0.272. The number of rotatable bonds is 4. The molecule has 0 aromatic carbocycles. The van der Waals surface area contributed by atoms with Crippen LogP contribution in [0.1, 0.15) is 171 Å². The van der Waals surface area contributed by atoms with Gasteiger partial charge in [-0.2, -0.15) is 0 Å². The summed E-state index contributed by atoms with van der Waals surface area (Å²) in [6.07, 6.45) is 29.0. The topological polar surface area (TPSA) is 55.4 Å². The van der Waals surface area contributed by atoms with Crippen molar-refractivity contribution in [2.75, 3.05) is 20.0 Å². The molecule has 0 N–H and O–H groups in total. The van der Waals surface area contributed by atoms with Crippen molar-refractivity contribution in [1.82, 2.24) is 0 Å². The lowest BCUT2D eigenvalue weighted by atomic mass is 9.47. The van der Waals surface area contributed by atoms with Gasteiger partial charge in [-0.25, -0.2) is 0 Å². The lowest BCUT2D eigenvalue weighted by Gasteiger charge is -2.58. The molecular formula is C55H84O6. The van der Waals surface area contributed by atoms with Crippen LogP contribution in [-0.2, 0) is 28.4 Å². The summed E-state index contributed by atoms with van der Waals surface area (Å²) in [5.41, 5.74) is 4.82. The Balaban J connectivity index is 0.651. The number of ether oxygens (including phenoxy) is 6. The predicted molar refractivity (Wildman–Crippen MR) is 238 cm³/mol. The third-order valence-corrected chi connectivity index (χ3v) is 23.3. The van der Waals surface area contributed by atoms with E-state index in [4.69, 9.17) is 28.4 Å². The maximum absolute atomic E-state index is 7.06. The minimum absolute atomic E-state index is 0.292. The van der Waals surface area contributed by atoms with Crippen molar-refractivity contribution in [3.63, 3.8) is 0 Å². The van der Waals surface area contributed by atoms with Crippen molar-refractivity contribution in [3.05, 3.63) is 23.3 Å². The molecule has 6 nitrogen and oxygen atoms in total. The van der Waals surface area contributed by atoms with Crippen molar-refractivity contribution < 1.29 is 28.4 Å². The van der Waals surface area contributed by atoms with Gasteiger partial charge in [-0.05, 0) is 184 Å². The van der Waals surface area contributed by atoms with E-state index in [1.165, 1.54) is 89.9 Å². The summed E-state index contributed by atoms with van der Waals surface area (Å²) in [5.74, 6) is 7.70. The average Bonchev–Trinajstić information content (AvgIpc) is 3.90. The van der Waals surface area contributed by atoms with E-state index in [9.17, 15) is 0 Å². The van der Waals surface area contributed by atoms with Gasteiger partial charge < -0.3 is 28.4 Å². The first-order valence-electron chi connectivity index (χ1n) is 26.5. The second-order valence-corrected chi connectivity index (χ2v) is 25.7. The summed E-state index contributed by atoms with van der Waals surface area (Å²) in [5, 5.41) is 0. The molecule has 6 saturated carbocycles. The van der Waals surface area contributed by atoms with Crippen LogP contribution in [0.2, 0.25) is 0 Å². The molecule has 0 amide bonds. The summed E-state index contributed by atoms with van der Waals surface area (Å²) < 4.78 is 40.7. The fourth-order valence-electron chi connectivity index (χ4n) is 19.8. The second kappa shape index (κ2) is 14.4. The smallest absolute Gasteiger partial charge is 0.171 e. The van der Waals surface area contributed by atoms with Gasteiger partial charge in [0.1, 0.15) is 6.79 Å². The minimum atomic E-state index is -0.314. The van der Waals surface area contributed by atoms with E-state index in [2.05, 4.69) is 67.5 Å². The molecule has 2 unspecified atom stereocenters. The summed E-state index contributed by atoms with van der Waals surface area (Å²) in [4.78, 5) is 0. The van der Waals surface area contributed by atoms with E-state index in [-0.39, 0.29) is 11.6 Å². The Hall–Kier alpha value is -0.760. The zero-order valence-corrected chi connectivity index (χ0v) is 39.7. The molecule has 2 spiro atoms. The third kappa shape index (κ3) is 5.91. The molecule has 0 aromatic heterocycles. The predicted octanol–water partition coefficient (Wildman–Crippen LogP) is 12.4. The Bertz CT molecular complexity index is 1650. The first kappa shape index (κ1) is 41.7. The molecule has 12 rings (SSSR count). The zero-order valence-electron chi connectivity index (χ0n) is 39.7. The molecule has 8 aliphatic carbocycles. The third-order valence-electron chi connectivity index (χ3n) is 23.3. The Morgan fingerprint density at radius 1 is 0.541 bits per heavy atom. The van der Waals surface area contributed by atoms with Crippen LogP contribution in [0.25, 0.3) is 0 Å². The van der Waals surface area contributed by atoms with E-state index in [1.54, 1.807) is 11.1 Å². The molecule has 12 aliphatic rings. The standard InChI is InChI=1S/C55H84O6/c1-32-13-23-54(58-29-32)34(3)48-46(60-54)27-44-40-11-9-36-25-38(15-19-50(36,5)42(40)17-21-52(44,48)7)56-31-57-39-16-20-51(6)37(26-39)10-12-41-43(51)18-22-53(8)45(41)28-47-49(53)35(4)55(61-47)24-14-33(2)30-59-55/h9-10,32-35,38-49H,11-31H2,1-8H3/t32-,33-,34+,35+,38?,39?,40-,41-,42+,43+,44+,45+,46+,47+,48+,49+,50+,51+,52+,53+,54-,55-/m1/s1. The highest BCUT2D eigenvalue weighted by Crippen LogP contribution is 2.73. The molecule has 4 heterocycles. The van der Waals surface area contributed by atoms with Crippen molar-refractivity contribution in [3.8, 4) is 0 Å². The van der Waals surface area contributed by atoms with Gasteiger partial charge in [0.15, 0.2) is 11.6 Å². The highest BCUT2D eigenvalue weighted by Gasteiger charge is 2.70. The van der Waals surface area contributed by atoms with Crippen LogP contribution in [0.5, 0.6) is 0 Å². The molecule has 0 bridgehead atoms. The average molecular weight is 841 g/mol. The van der Waals surface area contributed by atoms with E-state index >= 15 is 0 Å². The summed E-state index contributed by atoms with van der Waals surface area (Å²) in [6, 6.07) is 0. The van der Waals surface area contributed by atoms with Crippen molar-refractivity contribution in [1.29, 1.82) is 0 Å². The van der Waals surface area contributed by atoms with Gasteiger partial charge in [0.05, 0.1) is 37.6 Å². The number of allylic oxidation sites excluding steroid dienone is 2. The fourth-order valence-corrected chi connectivity index (χ4v) is 19.8. The molecule has 10 fully saturated rings. The SMILES string of the molecule is C[C@@H]1CC[C@@]2(OC1)O[C@H]1C[C@H]3[C@@H]4CC=C5CC(OCOC6CC[C@@]7(C)C(=CC[C@H]8[C@@H]9C[C@@H]%10O[C@]%11(CC[C@@H](C)CO%11)[C@@H](C)[C@@H]%10[C@@]9(C)CC[C@@H]87)C6)CC[C@]5(C)[C@H]4CC[C@]3(C)[C@H]1[C@@H]2C. The van der Waals surface area contributed by atoms with Crippen molar-refractivity contribution in [2.45, 2.75) is 207 Å². The summed E-state index contributed by atoms with van der Waals surface area (Å²) in [6.45, 7) is 22.5. The molecule has 0 aromatic rings. The quantitative estimate of drug-likeness (QED) is 0.208. The molecule has 0 radical (unpaired) electrons. The van der Waals surface area contributed by atoms with Crippen LogP contribution < -0.4 is 0 Å². The summed E-state index contributed by atoms with van der Waals surface area (Å²) in [7, 11) is 0. The van der Waals surface area contributed by atoms with Crippen LogP contribution in [0.4, 0.5) is 0 Å².